The molecule has 0 spiro atoms. The first-order valence-electron chi connectivity index (χ1n) is 5.70. The van der Waals surface area contributed by atoms with Crippen molar-refractivity contribution in [2.75, 3.05) is 19.0 Å². The van der Waals surface area contributed by atoms with Crippen LogP contribution in [0.4, 0.5) is 5.69 Å². The Bertz CT molecular complexity index is 501. The van der Waals surface area contributed by atoms with E-state index in [0.29, 0.717) is 0 Å². The number of nitrogens with zero attached hydrogens (tertiary/aromatic N) is 1. The van der Waals surface area contributed by atoms with E-state index >= 15 is 0 Å². The normalized spacial score (nSPS) is 13.8. The van der Waals surface area contributed by atoms with Crippen molar-refractivity contribution in [3.63, 3.8) is 0 Å². The smallest absolute Gasteiger partial charge is 0.307 e. The average molecular weight is 231 g/mol. The zero-order valence-electron chi connectivity index (χ0n) is 10.4. The van der Waals surface area contributed by atoms with Crippen LogP contribution in [-0.4, -0.2) is 25.2 Å². The molecule has 0 saturated heterocycles. The van der Waals surface area contributed by atoms with Crippen molar-refractivity contribution >= 4 is 17.2 Å². The van der Waals surface area contributed by atoms with Crippen molar-refractivity contribution in [3.8, 4) is 0 Å². The molecule has 0 aliphatic heterocycles. The topological polar surface area (TPSA) is 40.5 Å². The van der Waals surface area contributed by atoms with Crippen LogP contribution >= 0.6 is 0 Å². The lowest BCUT2D eigenvalue weighted by Crippen LogP contribution is -2.09. The Labute approximate surface area is 101 Å². The number of benzene rings is 1. The second-order valence-electron chi connectivity index (χ2n) is 4.74. The molecule has 0 aromatic heterocycles. The Balaban J connectivity index is 2.43. The molecule has 1 aromatic carbocycles. The Morgan fingerprint density at radius 2 is 2.12 bits per heavy atom. The molecule has 2 rings (SSSR count). The fourth-order valence-corrected chi connectivity index (χ4v) is 2.30. The fourth-order valence-electron chi connectivity index (χ4n) is 2.30. The van der Waals surface area contributed by atoms with Crippen LogP contribution in [0, 0.1) is 0 Å². The van der Waals surface area contributed by atoms with Crippen LogP contribution in [0.25, 0.3) is 5.57 Å². The lowest BCUT2D eigenvalue weighted by atomic mass is 10.0. The minimum Gasteiger partial charge on any atom is -0.481 e. The summed E-state index contributed by atoms with van der Waals surface area (Å²) in [7, 11) is 3.98. The number of allylic oxidation sites excluding steroid dienone is 1. The van der Waals surface area contributed by atoms with Crippen molar-refractivity contribution in [2.45, 2.75) is 19.8 Å². The molecule has 0 atom stereocenters. The van der Waals surface area contributed by atoms with Crippen LogP contribution < -0.4 is 4.90 Å². The molecule has 1 aromatic rings. The van der Waals surface area contributed by atoms with Crippen molar-refractivity contribution < 1.29 is 9.90 Å². The summed E-state index contributed by atoms with van der Waals surface area (Å²) in [4.78, 5) is 12.9. The summed E-state index contributed by atoms with van der Waals surface area (Å²) in [6, 6.07) is 6.27. The van der Waals surface area contributed by atoms with Crippen LogP contribution in [0.3, 0.4) is 0 Å². The zero-order valence-corrected chi connectivity index (χ0v) is 10.4. The quantitative estimate of drug-likeness (QED) is 0.869. The third-order valence-electron chi connectivity index (χ3n) is 3.23. The van der Waals surface area contributed by atoms with E-state index < -0.39 is 5.97 Å². The average Bonchev–Trinajstić information content (AvgIpc) is 2.54. The molecule has 0 amide bonds. The van der Waals surface area contributed by atoms with Crippen LogP contribution in [-0.2, 0) is 11.2 Å². The maximum atomic E-state index is 10.9. The van der Waals surface area contributed by atoms with Gasteiger partial charge in [0, 0.05) is 19.8 Å². The van der Waals surface area contributed by atoms with Gasteiger partial charge in [-0.25, -0.2) is 0 Å². The molecule has 1 aliphatic carbocycles. The van der Waals surface area contributed by atoms with E-state index in [-0.39, 0.29) is 6.42 Å². The Kier molecular flexibility index (Phi) is 2.92. The molecule has 17 heavy (non-hydrogen) atoms. The van der Waals surface area contributed by atoms with Gasteiger partial charge in [-0.2, -0.15) is 0 Å². The summed E-state index contributed by atoms with van der Waals surface area (Å²) in [6.45, 7) is 2.02. The first-order chi connectivity index (χ1) is 7.99. The highest BCUT2D eigenvalue weighted by atomic mass is 16.4. The Hall–Kier alpha value is -1.77. The predicted molar refractivity (Wildman–Crippen MR) is 69.3 cm³/mol. The highest BCUT2D eigenvalue weighted by molar-refractivity contribution is 5.89. The van der Waals surface area contributed by atoms with Gasteiger partial charge in [-0.15, -0.1) is 0 Å². The van der Waals surface area contributed by atoms with E-state index in [1.165, 1.54) is 11.1 Å². The summed E-state index contributed by atoms with van der Waals surface area (Å²) in [5.74, 6) is -0.762. The van der Waals surface area contributed by atoms with Crippen molar-refractivity contribution in [1.82, 2.24) is 0 Å². The summed E-state index contributed by atoms with van der Waals surface area (Å²) < 4.78 is 0. The fraction of sp³-hybridized carbons (Fsp3) is 0.357. The number of aliphatic carboxylic acids is 1. The number of fused-ring (bicyclic) bond motifs is 1. The van der Waals surface area contributed by atoms with Crippen molar-refractivity contribution in [2.24, 2.45) is 0 Å². The highest BCUT2D eigenvalue weighted by Crippen LogP contribution is 2.36. The highest BCUT2D eigenvalue weighted by Gasteiger charge is 2.21. The molecular formula is C14H17NO2. The molecular weight excluding hydrogens is 214 g/mol. The molecule has 0 heterocycles. The summed E-state index contributed by atoms with van der Waals surface area (Å²) >= 11 is 0. The van der Waals surface area contributed by atoms with E-state index in [4.69, 9.17) is 5.11 Å². The van der Waals surface area contributed by atoms with Gasteiger partial charge >= 0.3 is 5.97 Å². The second kappa shape index (κ2) is 4.24. The second-order valence-corrected chi connectivity index (χ2v) is 4.74. The Morgan fingerprint density at radius 1 is 1.41 bits per heavy atom. The van der Waals surface area contributed by atoms with Gasteiger partial charge < -0.3 is 10.0 Å². The van der Waals surface area contributed by atoms with Crippen molar-refractivity contribution in [3.05, 3.63) is 34.9 Å². The van der Waals surface area contributed by atoms with Crippen molar-refractivity contribution in [1.29, 1.82) is 0 Å². The van der Waals surface area contributed by atoms with Gasteiger partial charge in [0.25, 0.3) is 0 Å². The maximum absolute atomic E-state index is 10.9. The van der Waals surface area contributed by atoms with Gasteiger partial charge in [-0.1, -0.05) is 11.6 Å². The number of hydrogen-bond donors (Lipinski definition) is 1. The molecule has 3 heteroatoms. The van der Waals surface area contributed by atoms with E-state index in [1.807, 2.05) is 25.9 Å². The standard InChI is InChI=1S/C14H17NO2/c1-9-6-10-4-5-11(15(2)3)7-13(10)12(9)8-14(16)17/h4-5,7H,6,8H2,1-3H3,(H,16,17). The lowest BCUT2D eigenvalue weighted by molar-refractivity contribution is -0.135. The van der Waals surface area contributed by atoms with Gasteiger partial charge in [0.15, 0.2) is 0 Å². The van der Waals surface area contributed by atoms with Gasteiger partial charge in [0.2, 0.25) is 0 Å². The monoisotopic (exact) mass is 231 g/mol. The molecule has 0 unspecified atom stereocenters. The zero-order chi connectivity index (χ0) is 12.6. The SMILES string of the molecule is CC1=C(CC(=O)O)c2cc(N(C)C)ccc2C1. The number of carbonyl (C=O) groups is 1. The van der Waals surface area contributed by atoms with Gasteiger partial charge in [0.1, 0.15) is 0 Å². The molecule has 1 N–H and O–H groups in total. The molecule has 0 radical (unpaired) electrons. The Morgan fingerprint density at radius 3 is 2.71 bits per heavy atom. The molecule has 90 valence electrons. The van der Waals surface area contributed by atoms with Crippen LogP contribution in [0.15, 0.2) is 23.8 Å². The lowest BCUT2D eigenvalue weighted by Gasteiger charge is -2.14. The molecule has 3 nitrogen and oxygen atoms in total. The third-order valence-corrected chi connectivity index (χ3v) is 3.23. The molecule has 0 fully saturated rings. The molecule has 0 bridgehead atoms. The maximum Gasteiger partial charge on any atom is 0.307 e. The first-order valence-corrected chi connectivity index (χ1v) is 5.70. The van der Waals surface area contributed by atoms with E-state index in [9.17, 15) is 4.79 Å². The number of rotatable bonds is 3. The van der Waals surface area contributed by atoms with E-state index in [2.05, 4.69) is 18.2 Å². The number of carboxylic acids is 1. The summed E-state index contributed by atoms with van der Waals surface area (Å²) in [5, 5.41) is 8.95. The van der Waals surface area contributed by atoms with Crippen LogP contribution in [0.1, 0.15) is 24.5 Å². The largest absolute Gasteiger partial charge is 0.481 e. The molecule has 1 aliphatic rings. The summed E-state index contributed by atoms with van der Waals surface area (Å²) in [6.07, 6.45) is 1.00. The van der Waals surface area contributed by atoms with Gasteiger partial charge in [-0.05, 0) is 42.2 Å². The summed E-state index contributed by atoms with van der Waals surface area (Å²) in [5.41, 5.74) is 5.62. The van der Waals surface area contributed by atoms with E-state index in [1.54, 1.807) is 0 Å². The van der Waals surface area contributed by atoms with Gasteiger partial charge in [-0.3, -0.25) is 4.79 Å². The number of hydrogen-bond acceptors (Lipinski definition) is 2. The van der Waals surface area contributed by atoms with Crippen LogP contribution in [0.2, 0.25) is 0 Å². The minimum absolute atomic E-state index is 0.121. The number of anilines is 1. The predicted octanol–water partition coefficient (Wildman–Crippen LogP) is 2.56. The third kappa shape index (κ3) is 2.18. The van der Waals surface area contributed by atoms with E-state index in [0.717, 1.165) is 23.2 Å². The van der Waals surface area contributed by atoms with Gasteiger partial charge in [0.05, 0.1) is 6.42 Å². The number of carboxylic acid groups (broad SMARTS) is 1. The van der Waals surface area contributed by atoms with Crippen LogP contribution in [0.5, 0.6) is 0 Å². The molecule has 0 saturated carbocycles. The first kappa shape index (κ1) is 11.7. The minimum atomic E-state index is -0.762.